The summed E-state index contributed by atoms with van der Waals surface area (Å²) in [6.45, 7) is 1.98. The molecule has 2 rings (SSSR count). The van der Waals surface area contributed by atoms with Crippen LogP contribution < -0.4 is 5.32 Å². The summed E-state index contributed by atoms with van der Waals surface area (Å²) in [6, 6.07) is 7.38. The molecule has 0 spiro atoms. The molecule has 0 aliphatic heterocycles. The molecule has 4 nitrogen and oxygen atoms in total. The smallest absolute Gasteiger partial charge is 0.174 e. The highest BCUT2D eigenvalue weighted by atomic mass is 35.5. The van der Waals surface area contributed by atoms with Crippen molar-refractivity contribution in [3.8, 4) is 0 Å². The van der Waals surface area contributed by atoms with Gasteiger partial charge in [-0.25, -0.2) is 0 Å². The number of halogens is 2. The second kappa shape index (κ2) is 5.29. The van der Waals surface area contributed by atoms with Crippen molar-refractivity contribution in [3.63, 3.8) is 0 Å². The van der Waals surface area contributed by atoms with Crippen LogP contribution in [0.5, 0.6) is 0 Å². The van der Waals surface area contributed by atoms with Gasteiger partial charge >= 0.3 is 0 Å². The summed E-state index contributed by atoms with van der Waals surface area (Å²) in [5.74, 6) is 0. The van der Waals surface area contributed by atoms with Gasteiger partial charge in [0.15, 0.2) is 10.3 Å². The van der Waals surface area contributed by atoms with E-state index in [1.54, 1.807) is 12.3 Å². The second-order valence-corrected chi connectivity index (χ2v) is 4.24. The van der Waals surface area contributed by atoms with E-state index in [2.05, 4.69) is 20.5 Å². The quantitative estimate of drug-likeness (QED) is 0.928. The van der Waals surface area contributed by atoms with Crippen LogP contribution in [-0.2, 0) is 0 Å². The van der Waals surface area contributed by atoms with Crippen LogP contribution >= 0.6 is 23.2 Å². The number of anilines is 1. The average Bonchev–Trinajstić information content (AvgIpc) is 2.35. The van der Waals surface area contributed by atoms with Crippen LogP contribution in [-0.4, -0.2) is 15.2 Å². The van der Waals surface area contributed by atoms with Crippen LogP contribution in [0.2, 0.25) is 10.3 Å². The van der Waals surface area contributed by atoms with Gasteiger partial charge < -0.3 is 5.32 Å². The molecule has 17 heavy (non-hydrogen) atoms. The summed E-state index contributed by atoms with van der Waals surface area (Å²) >= 11 is 11.7. The number of aromatic nitrogens is 3. The lowest BCUT2D eigenvalue weighted by Gasteiger charge is -2.14. The van der Waals surface area contributed by atoms with Gasteiger partial charge in [-0.2, -0.15) is 0 Å². The largest absolute Gasteiger partial charge is 0.374 e. The fourth-order valence-electron chi connectivity index (χ4n) is 1.39. The van der Waals surface area contributed by atoms with Gasteiger partial charge in [0.25, 0.3) is 0 Å². The Labute approximate surface area is 109 Å². The van der Waals surface area contributed by atoms with Crippen molar-refractivity contribution in [2.75, 3.05) is 5.32 Å². The van der Waals surface area contributed by atoms with Crippen molar-refractivity contribution in [2.24, 2.45) is 0 Å². The third kappa shape index (κ3) is 3.05. The third-order valence-corrected chi connectivity index (χ3v) is 2.69. The predicted molar refractivity (Wildman–Crippen MR) is 68.3 cm³/mol. The molecule has 2 aromatic rings. The number of pyridine rings is 1. The minimum Gasteiger partial charge on any atom is -0.374 e. The molecule has 0 saturated heterocycles. The first-order valence-electron chi connectivity index (χ1n) is 5.03. The highest BCUT2D eigenvalue weighted by Gasteiger charge is 2.10. The minimum absolute atomic E-state index is 0.00830. The first kappa shape index (κ1) is 12.1. The van der Waals surface area contributed by atoms with E-state index >= 15 is 0 Å². The van der Waals surface area contributed by atoms with Gasteiger partial charge in [-0.05, 0) is 19.1 Å². The van der Waals surface area contributed by atoms with E-state index < -0.39 is 0 Å². The van der Waals surface area contributed by atoms with Crippen LogP contribution in [0.25, 0.3) is 0 Å². The monoisotopic (exact) mass is 268 g/mol. The molecule has 0 aliphatic rings. The van der Waals surface area contributed by atoms with E-state index in [1.165, 1.54) is 0 Å². The zero-order valence-corrected chi connectivity index (χ0v) is 10.6. The van der Waals surface area contributed by atoms with Crippen molar-refractivity contribution >= 4 is 28.9 Å². The first-order valence-corrected chi connectivity index (χ1v) is 5.78. The molecule has 0 amide bonds. The van der Waals surface area contributed by atoms with Crippen LogP contribution in [0.1, 0.15) is 18.7 Å². The fraction of sp³-hybridized carbons (Fsp3) is 0.182. The van der Waals surface area contributed by atoms with Gasteiger partial charge in [-0.1, -0.05) is 29.3 Å². The van der Waals surface area contributed by atoms with Gasteiger partial charge in [0.1, 0.15) is 0 Å². The molecular weight excluding hydrogens is 259 g/mol. The lowest BCUT2D eigenvalue weighted by molar-refractivity contribution is 0.835. The number of nitrogens with zero attached hydrogens (tertiary/aromatic N) is 3. The van der Waals surface area contributed by atoms with E-state index in [4.69, 9.17) is 23.2 Å². The van der Waals surface area contributed by atoms with E-state index in [9.17, 15) is 0 Å². The van der Waals surface area contributed by atoms with Crippen LogP contribution in [0.3, 0.4) is 0 Å². The molecule has 0 bridgehead atoms. The van der Waals surface area contributed by atoms with Gasteiger partial charge in [0.2, 0.25) is 0 Å². The lowest BCUT2D eigenvalue weighted by atomic mass is 10.2. The molecule has 2 aromatic heterocycles. The number of rotatable bonds is 3. The third-order valence-electron chi connectivity index (χ3n) is 2.22. The molecule has 88 valence electrons. The van der Waals surface area contributed by atoms with E-state index in [-0.39, 0.29) is 11.2 Å². The summed E-state index contributed by atoms with van der Waals surface area (Å²) in [5, 5.41) is 11.1. The van der Waals surface area contributed by atoms with E-state index in [0.29, 0.717) is 10.8 Å². The van der Waals surface area contributed by atoms with Crippen molar-refractivity contribution < 1.29 is 0 Å². The Hall–Kier alpha value is -1.39. The molecule has 0 aromatic carbocycles. The average molecular weight is 269 g/mol. The van der Waals surface area contributed by atoms with Gasteiger partial charge in [-0.15, -0.1) is 10.2 Å². The molecule has 0 saturated carbocycles. The van der Waals surface area contributed by atoms with Crippen LogP contribution in [0.15, 0.2) is 30.5 Å². The summed E-state index contributed by atoms with van der Waals surface area (Å²) in [4.78, 5) is 4.25. The Morgan fingerprint density at radius 2 is 2.06 bits per heavy atom. The summed E-state index contributed by atoms with van der Waals surface area (Å²) in [6.07, 6.45) is 1.74. The second-order valence-electron chi connectivity index (χ2n) is 3.49. The van der Waals surface area contributed by atoms with Crippen molar-refractivity contribution in [2.45, 2.75) is 13.0 Å². The zero-order valence-electron chi connectivity index (χ0n) is 9.06. The topological polar surface area (TPSA) is 50.7 Å². The SMILES string of the molecule is CC(Nc1cc(Cl)nnc1Cl)c1ccccn1. The first-order chi connectivity index (χ1) is 8.16. The maximum absolute atomic E-state index is 5.91. The van der Waals surface area contributed by atoms with E-state index in [1.807, 2.05) is 25.1 Å². The number of nitrogens with one attached hydrogen (secondary N) is 1. The maximum atomic E-state index is 5.91. The molecule has 1 atom stereocenters. The minimum atomic E-state index is 0.00830. The molecule has 1 unspecified atom stereocenters. The summed E-state index contributed by atoms with van der Waals surface area (Å²) in [5.41, 5.74) is 1.56. The molecule has 6 heteroatoms. The van der Waals surface area contributed by atoms with Crippen molar-refractivity contribution in [1.82, 2.24) is 15.2 Å². The maximum Gasteiger partial charge on any atom is 0.174 e. The predicted octanol–water partition coefficient (Wildman–Crippen LogP) is 3.35. The Balaban J connectivity index is 2.18. The van der Waals surface area contributed by atoms with Crippen LogP contribution in [0.4, 0.5) is 5.69 Å². The Kier molecular flexibility index (Phi) is 3.76. The fourth-order valence-corrected chi connectivity index (χ4v) is 1.69. The van der Waals surface area contributed by atoms with Gasteiger partial charge in [0, 0.05) is 12.3 Å². The molecule has 0 radical (unpaired) electrons. The summed E-state index contributed by atoms with van der Waals surface area (Å²) < 4.78 is 0. The standard InChI is InChI=1S/C11H10Cl2N4/c1-7(8-4-2-3-5-14-8)15-9-6-10(12)16-17-11(9)13/h2-7H,1H3,(H,15,16). The van der Waals surface area contributed by atoms with Crippen molar-refractivity contribution in [1.29, 1.82) is 0 Å². The van der Waals surface area contributed by atoms with E-state index in [0.717, 1.165) is 5.69 Å². The number of hydrogen-bond acceptors (Lipinski definition) is 4. The van der Waals surface area contributed by atoms with Crippen molar-refractivity contribution in [3.05, 3.63) is 46.5 Å². The number of hydrogen-bond donors (Lipinski definition) is 1. The van der Waals surface area contributed by atoms with Gasteiger partial charge in [-0.3, -0.25) is 4.98 Å². The summed E-state index contributed by atoms with van der Waals surface area (Å²) in [7, 11) is 0. The Bertz CT molecular complexity index is 504. The Morgan fingerprint density at radius 3 is 2.76 bits per heavy atom. The highest BCUT2D eigenvalue weighted by Crippen LogP contribution is 2.24. The van der Waals surface area contributed by atoms with Crippen LogP contribution in [0, 0.1) is 0 Å². The molecular formula is C11H10Cl2N4. The zero-order chi connectivity index (χ0) is 12.3. The van der Waals surface area contributed by atoms with Gasteiger partial charge in [0.05, 0.1) is 17.4 Å². The molecule has 0 aliphatic carbocycles. The highest BCUT2D eigenvalue weighted by molar-refractivity contribution is 6.33. The molecule has 2 heterocycles. The Morgan fingerprint density at radius 1 is 1.24 bits per heavy atom. The molecule has 0 fully saturated rings. The lowest BCUT2D eigenvalue weighted by Crippen LogP contribution is -2.09. The normalized spacial score (nSPS) is 12.2. The molecule has 1 N–H and O–H groups in total.